The summed E-state index contributed by atoms with van der Waals surface area (Å²) in [5.41, 5.74) is 6.74. The van der Waals surface area contributed by atoms with Crippen molar-refractivity contribution >= 4 is 11.8 Å². The van der Waals surface area contributed by atoms with E-state index in [1.165, 1.54) is 0 Å². The van der Waals surface area contributed by atoms with Crippen molar-refractivity contribution in [3.63, 3.8) is 0 Å². The third-order valence-electron chi connectivity index (χ3n) is 5.29. The second-order valence-electron chi connectivity index (χ2n) is 7.22. The van der Waals surface area contributed by atoms with Gasteiger partial charge in [-0.25, -0.2) is 0 Å². The van der Waals surface area contributed by atoms with Crippen LogP contribution in [0.2, 0.25) is 0 Å². The maximum atomic E-state index is 12.7. The number of nitrogens with two attached hydrogens (primary N) is 1. The van der Waals surface area contributed by atoms with Crippen molar-refractivity contribution in [2.75, 3.05) is 6.54 Å². The zero-order valence-electron chi connectivity index (χ0n) is 14.8. The van der Waals surface area contributed by atoms with Crippen molar-refractivity contribution in [1.29, 1.82) is 0 Å². The minimum absolute atomic E-state index is 0.0808. The SMILES string of the molecule is C[C@H](N)C(=O)N[C@H]1CC[C@H]2CC[C@@H](C(=O)NCc3ccccc3)N2C1. The monoisotopic (exact) mass is 344 g/mol. The Morgan fingerprint density at radius 1 is 1.20 bits per heavy atom. The molecule has 136 valence electrons. The van der Waals surface area contributed by atoms with Gasteiger partial charge in [-0.3, -0.25) is 14.5 Å². The summed E-state index contributed by atoms with van der Waals surface area (Å²) >= 11 is 0. The van der Waals surface area contributed by atoms with E-state index in [4.69, 9.17) is 5.73 Å². The largest absolute Gasteiger partial charge is 0.351 e. The van der Waals surface area contributed by atoms with Gasteiger partial charge in [0.25, 0.3) is 0 Å². The molecule has 25 heavy (non-hydrogen) atoms. The number of amides is 2. The third kappa shape index (κ3) is 4.38. The molecule has 0 unspecified atom stereocenters. The van der Waals surface area contributed by atoms with Crippen LogP contribution in [0.4, 0.5) is 0 Å². The van der Waals surface area contributed by atoms with Gasteiger partial charge >= 0.3 is 0 Å². The highest BCUT2D eigenvalue weighted by atomic mass is 16.2. The van der Waals surface area contributed by atoms with E-state index in [1.54, 1.807) is 6.92 Å². The van der Waals surface area contributed by atoms with E-state index in [0.29, 0.717) is 12.6 Å². The molecule has 2 aliphatic heterocycles. The average molecular weight is 344 g/mol. The summed E-state index contributed by atoms with van der Waals surface area (Å²) < 4.78 is 0. The lowest BCUT2D eigenvalue weighted by molar-refractivity contribution is -0.126. The van der Waals surface area contributed by atoms with E-state index in [0.717, 1.165) is 37.8 Å². The summed E-state index contributed by atoms with van der Waals surface area (Å²) in [7, 11) is 0. The Morgan fingerprint density at radius 3 is 2.64 bits per heavy atom. The number of carbonyl (C=O) groups excluding carboxylic acids is 2. The molecule has 2 amide bonds. The second kappa shape index (κ2) is 7.97. The third-order valence-corrected chi connectivity index (χ3v) is 5.29. The number of hydrogen-bond acceptors (Lipinski definition) is 4. The summed E-state index contributed by atoms with van der Waals surface area (Å²) in [6.07, 6.45) is 3.92. The number of carbonyl (C=O) groups is 2. The minimum Gasteiger partial charge on any atom is -0.351 e. The number of piperidine rings is 1. The van der Waals surface area contributed by atoms with Gasteiger partial charge < -0.3 is 16.4 Å². The normalized spacial score (nSPS) is 27.4. The maximum absolute atomic E-state index is 12.7. The Kier molecular flexibility index (Phi) is 5.71. The zero-order chi connectivity index (χ0) is 17.8. The summed E-state index contributed by atoms with van der Waals surface area (Å²) in [4.78, 5) is 26.8. The maximum Gasteiger partial charge on any atom is 0.237 e. The van der Waals surface area contributed by atoms with Crippen molar-refractivity contribution in [3.8, 4) is 0 Å². The molecule has 6 nitrogen and oxygen atoms in total. The van der Waals surface area contributed by atoms with E-state index < -0.39 is 6.04 Å². The summed E-state index contributed by atoms with van der Waals surface area (Å²) in [6, 6.07) is 9.89. The molecule has 3 rings (SSSR count). The molecule has 4 atom stereocenters. The number of rotatable bonds is 5. The number of nitrogens with one attached hydrogen (secondary N) is 2. The zero-order valence-corrected chi connectivity index (χ0v) is 14.8. The molecule has 2 heterocycles. The lowest BCUT2D eigenvalue weighted by Gasteiger charge is -2.38. The van der Waals surface area contributed by atoms with E-state index in [1.807, 2.05) is 30.3 Å². The first-order chi connectivity index (χ1) is 12.0. The van der Waals surface area contributed by atoms with E-state index in [9.17, 15) is 9.59 Å². The number of fused-ring (bicyclic) bond motifs is 1. The molecule has 0 spiro atoms. The predicted octanol–water partition coefficient (Wildman–Crippen LogP) is 0.762. The topological polar surface area (TPSA) is 87.5 Å². The first-order valence-corrected chi connectivity index (χ1v) is 9.18. The molecule has 4 N–H and O–H groups in total. The van der Waals surface area contributed by atoms with Crippen LogP contribution in [0.1, 0.15) is 38.2 Å². The quantitative estimate of drug-likeness (QED) is 0.736. The molecular weight excluding hydrogens is 316 g/mol. The van der Waals surface area contributed by atoms with Crippen LogP contribution in [0.3, 0.4) is 0 Å². The van der Waals surface area contributed by atoms with E-state index >= 15 is 0 Å². The molecule has 0 aromatic heterocycles. The van der Waals surface area contributed by atoms with Gasteiger partial charge in [0.05, 0.1) is 12.1 Å². The molecule has 0 aliphatic carbocycles. The average Bonchev–Trinajstić information content (AvgIpc) is 3.03. The molecule has 6 heteroatoms. The highest BCUT2D eigenvalue weighted by Gasteiger charge is 2.41. The van der Waals surface area contributed by atoms with Crippen LogP contribution >= 0.6 is 0 Å². The van der Waals surface area contributed by atoms with Crippen LogP contribution in [0.15, 0.2) is 30.3 Å². The summed E-state index contributed by atoms with van der Waals surface area (Å²) in [5, 5.41) is 6.07. The lowest BCUT2D eigenvalue weighted by atomic mass is 9.98. The van der Waals surface area contributed by atoms with Gasteiger partial charge in [-0.15, -0.1) is 0 Å². The van der Waals surface area contributed by atoms with Gasteiger partial charge in [0.1, 0.15) is 0 Å². The molecule has 0 bridgehead atoms. The Morgan fingerprint density at radius 2 is 1.92 bits per heavy atom. The van der Waals surface area contributed by atoms with Crippen molar-refractivity contribution in [2.45, 2.75) is 63.3 Å². The van der Waals surface area contributed by atoms with Crippen LogP contribution < -0.4 is 16.4 Å². The fourth-order valence-electron chi connectivity index (χ4n) is 3.90. The second-order valence-corrected chi connectivity index (χ2v) is 7.22. The fraction of sp³-hybridized carbons (Fsp3) is 0.579. The Balaban J connectivity index is 1.55. The van der Waals surface area contributed by atoms with Gasteiger partial charge in [-0.2, -0.15) is 0 Å². The lowest BCUT2D eigenvalue weighted by Crippen LogP contribution is -2.56. The van der Waals surface area contributed by atoms with Crippen LogP contribution in [-0.4, -0.2) is 47.4 Å². The first-order valence-electron chi connectivity index (χ1n) is 9.18. The van der Waals surface area contributed by atoms with Crippen LogP contribution in [0, 0.1) is 0 Å². The highest BCUT2D eigenvalue weighted by molar-refractivity contribution is 5.82. The fourth-order valence-corrected chi connectivity index (χ4v) is 3.90. The molecule has 0 saturated carbocycles. The van der Waals surface area contributed by atoms with Crippen LogP contribution in [0.25, 0.3) is 0 Å². The van der Waals surface area contributed by atoms with Crippen molar-refractivity contribution < 1.29 is 9.59 Å². The molecule has 2 aliphatic rings. The van der Waals surface area contributed by atoms with Crippen LogP contribution in [0.5, 0.6) is 0 Å². The minimum atomic E-state index is -0.499. The van der Waals surface area contributed by atoms with E-state index in [-0.39, 0.29) is 23.9 Å². The summed E-state index contributed by atoms with van der Waals surface area (Å²) in [5.74, 6) is -0.0294. The number of hydrogen-bond donors (Lipinski definition) is 3. The van der Waals surface area contributed by atoms with Gasteiger partial charge in [0, 0.05) is 25.2 Å². The molecule has 1 aromatic rings. The predicted molar refractivity (Wildman–Crippen MR) is 96.6 cm³/mol. The van der Waals surface area contributed by atoms with Crippen LogP contribution in [-0.2, 0) is 16.1 Å². The van der Waals surface area contributed by atoms with Crippen molar-refractivity contribution in [1.82, 2.24) is 15.5 Å². The standard InChI is InChI=1S/C19H28N4O2/c1-13(20)18(24)22-15-7-8-16-9-10-17(23(16)12-15)19(25)21-11-14-5-3-2-4-6-14/h2-6,13,15-17H,7-12,20H2,1H3,(H,21,25)(H,22,24)/t13-,15-,16-,17-/m0/s1. The smallest absolute Gasteiger partial charge is 0.237 e. The van der Waals surface area contributed by atoms with Crippen molar-refractivity contribution in [3.05, 3.63) is 35.9 Å². The van der Waals surface area contributed by atoms with Gasteiger partial charge in [0.2, 0.25) is 11.8 Å². The Hall–Kier alpha value is -1.92. The van der Waals surface area contributed by atoms with E-state index in [2.05, 4.69) is 15.5 Å². The molecule has 2 saturated heterocycles. The Labute approximate surface area is 149 Å². The highest BCUT2D eigenvalue weighted by Crippen LogP contribution is 2.31. The summed E-state index contributed by atoms with van der Waals surface area (Å²) in [6.45, 7) is 2.97. The van der Waals surface area contributed by atoms with Gasteiger partial charge in [0.15, 0.2) is 0 Å². The Bertz CT molecular complexity index is 605. The molecular formula is C19H28N4O2. The number of nitrogens with zero attached hydrogens (tertiary/aromatic N) is 1. The first kappa shape index (κ1) is 17.9. The van der Waals surface area contributed by atoms with Gasteiger partial charge in [-0.05, 0) is 38.2 Å². The van der Waals surface area contributed by atoms with Gasteiger partial charge in [-0.1, -0.05) is 30.3 Å². The van der Waals surface area contributed by atoms with Crippen molar-refractivity contribution in [2.24, 2.45) is 5.73 Å². The number of benzene rings is 1. The molecule has 1 aromatic carbocycles. The molecule has 0 radical (unpaired) electrons. The molecule has 2 fully saturated rings.